The van der Waals surface area contributed by atoms with Gasteiger partial charge in [0.15, 0.2) is 11.5 Å². The van der Waals surface area contributed by atoms with Crippen LogP contribution in [0.3, 0.4) is 0 Å². The largest absolute Gasteiger partial charge is 0.490 e. The molecule has 2 aliphatic rings. The molecule has 4 heteroatoms. The standard InChI is InChI=1S/C15H22N2O2/c16-13-6-12(7-13)10-17-9-11-2-3-14-15(8-11)19-5-1-4-18-14/h2-3,8,12-13,17H,1,4-7,9-10,16H2. The van der Waals surface area contributed by atoms with Gasteiger partial charge in [-0.1, -0.05) is 6.07 Å². The first-order valence-electron chi connectivity index (χ1n) is 7.16. The highest BCUT2D eigenvalue weighted by molar-refractivity contribution is 5.43. The van der Waals surface area contributed by atoms with Gasteiger partial charge in [-0.2, -0.15) is 0 Å². The molecule has 0 unspecified atom stereocenters. The van der Waals surface area contributed by atoms with Crippen LogP contribution in [-0.4, -0.2) is 25.8 Å². The van der Waals surface area contributed by atoms with Crippen molar-refractivity contribution in [2.45, 2.75) is 31.8 Å². The third-order valence-electron chi connectivity index (χ3n) is 3.85. The number of fused-ring (bicyclic) bond motifs is 1. The van der Waals surface area contributed by atoms with E-state index in [-0.39, 0.29) is 0 Å². The molecule has 19 heavy (non-hydrogen) atoms. The number of hydrogen-bond acceptors (Lipinski definition) is 4. The maximum atomic E-state index is 5.78. The molecule has 0 amide bonds. The summed E-state index contributed by atoms with van der Waals surface area (Å²) in [5.41, 5.74) is 7.03. The second-order valence-corrected chi connectivity index (χ2v) is 5.56. The number of nitrogens with one attached hydrogen (secondary N) is 1. The molecule has 0 saturated heterocycles. The lowest BCUT2D eigenvalue weighted by Gasteiger charge is -2.32. The first kappa shape index (κ1) is 12.8. The van der Waals surface area contributed by atoms with Gasteiger partial charge in [0.25, 0.3) is 0 Å². The average Bonchev–Trinajstić information content (AvgIpc) is 2.61. The Balaban J connectivity index is 1.52. The summed E-state index contributed by atoms with van der Waals surface area (Å²) < 4.78 is 11.3. The van der Waals surface area contributed by atoms with Crippen LogP contribution in [0.5, 0.6) is 11.5 Å². The maximum Gasteiger partial charge on any atom is 0.161 e. The Bertz CT molecular complexity index is 430. The summed E-state index contributed by atoms with van der Waals surface area (Å²) in [7, 11) is 0. The van der Waals surface area contributed by atoms with Gasteiger partial charge in [0.05, 0.1) is 13.2 Å². The Morgan fingerprint density at radius 2 is 1.95 bits per heavy atom. The molecule has 0 spiro atoms. The van der Waals surface area contributed by atoms with E-state index in [1.807, 2.05) is 6.07 Å². The monoisotopic (exact) mass is 262 g/mol. The maximum absolute atomic E-state index is 5.78. The van der Waals surface area contributed by atoms with Crippen LogP contribution in [0, 0.1) is 5.92 Å². The number of nitrogens with two attached hydrogens (primary N) is 1. The fraction of sp³-hybridized carbons (Fsp3) is 0.600. The van der Waals surface area contributed by atoms with Crippen molar-refractivity contribution in [3.05, 3.63) is 23.8 Å². The second kappa shape index (κ2) is 5.80. The van der Waals surface area contributed by atoms with Crippen molar-refractivity contribution in [3.63, 3.8) is 0 Å². The van der Waals surface area contributed by atoms with E-state index in [9.17, 15) is 0 Å². The molecule has 1 aliphatic carbocycles. The average molecular weight is 262 g/mol. The Kier molecular flexibility index (Phi) is 3.89. The van der Waals surface area contributed by atoms with E-state index in [1.165, 1.54) is 5.56 Å². The minimum Gasteiger partial charge on any atom is -0.490 e. The van der Waals surface area contributed by atoms with Gasteiger partial charge in [-0.15, -0.1) is 0 Å². The third kappa shape index (κ3) is 3.19. The number of hydrogen-bond donors (Lipinski definition) is 2. The van der Waals surface area contributed by atoms with Crippen LogP contribution in [0.15, 0.2) is 18.2 Å². The minimum atomic E-state index is 0.435. The first-order valence-corrected chi connectivity index (χ1v) is 7.16. The summed E-state index contributed by atoms with van der Waals surface area (Å²) in [6, 6.07) is 6.63. The van der Waals surface area contributed by atoms with Gasteiger partial charge in [-0.05, 0) is 43.0 Å². The van der Waals surface area contributed by atoms with Crippen LogP contribution in [0.25, 0.3) is 0 Å². The van der Waals surface area contributed by atoms with E-state index in [1.54, 1.807) is 0 Å². The molecule has 3 rings (SSSR count). The quantitative estimate of drug-likeness (QED) is 0.866. The molecule has 1 fully saturated rings. The summed E-state index contributed by atoms with van der Waals surface area (Å²) in [6.45, 7) is 3.42. The zero-order chi connectivity index (χ0) is 13.1. The van der Waals surface area contributed by atoms with Crippen LogP contribution < -0.4 is 20.5 Å². The molecule has 0 radical (unpaired) electrons. The summed E-state index contributed by atoms with van der Waals surface area (Å²) in [5.74, 6) is 2.50. The van der Waals surface area contributed by atoms with E-state index < -0.39 is 0 Å². The van der Waals surface area contributed by atoms with Gasteiger partial charge in [-0.3, -0.25) is 0 Å². The van der Waals surface area contributed by atoms with Crippen LogP contribution in [0.2, 0.25) is 0 Å². The molecule has 104 valence electrons. The molecule has 1 aliphatic heterocycles. The normalized spacial score (nSPS) is 25.5. The van der Waals surface area contributed by atoms with Crippen LogP contribution >= 0.6 is 0 Å². The van der Waals surface area contributed by atoms with Crippen LogP contribution in [0.4, 0.5) is 0 Å². The topological polar surface area (TPSA) is 56.5 Å². The van der Waals surface area contributed by atoms with Gasteiger partial charge in [0.1, 0.15) is 0 Å². The van der Waals surface area contributed by atoms with Gasteiger partial charge in [0, 0.05) is 19.0 Å². The zero-order valence-electron chi connectivity index (χ0n) is 11.2. The number of benzene rings is 1. The summed E-state index contributed by atoms with van der Waals surface area (Å²) in [4.78, 5) is 0. The smallest absolute Gasteiger partial charge is 0.161 e. The molecule has 1 aromatic carbocycles. The van der Waals surface area contributed by atoms with Crippen molar-refractivity contribution >= 4 is 0 Å². The molecule has 0 aromatic heterocycles. The van der Waals surface area contributed by atoms with Gasteiger partial charge >= 0.3 is 0 Å². The zero-order valence-corrected chi connectivity index (χ0v) is 11.2. The van der Waals surface area contributed by atoms with E-state index in [0.717, 1.165) is 63.0 Å². The molecular formula is C15H22N2O2. The first-order chi connectivity index (χ1) is 9.31. The third-order valence-corrected chi connectivity index (χ3v) is 3.85. The SMILES string of the molecule is NC1CC(CNCc2ccc3c(c2)OCCCO3)C1. The highest BCUT2D eigenvalue weighted by atomic mass is 16.5. The highest BCUT2D eigenvalue weighted by Crippen LogP contribution is 2.30. The Morgan fingerprint density at radius 3 is 2.74 bits per heavy atom. The van der Waals surface area contributed by atoms with E-state index in [0.29, 0.717) is 6.04 Å². The lowest BCUT2D eigenvalue weighted by Crippen LogP contribution is -2.41. The second-order valence-electron chi connectivity index (χ2n) is 5.56. The van der Waals surface area contributed by atoms with Crippen LogP contribution in [-0.2, 0) is 6.54 Å². The molecule has 1 saturated carbocycles. The molecular weight excluding hydrogens is 240 g/mol. The van der Waals surface area contributed by atoms with E-state index in [2.05, 4.69) is 17.4 Å². The predicted molar refractivity (Wildman–Crippen MR) is 74.5 cm³/mol. The molecule has 0 bridgehead atoms. The van der Waals surface area contributed by atoms with E-state index in [4.69, 9.17) is 15.2 Å². The lowest BCUT2D eigenvalue weighted by molar-refractivity contribution is 0.256. The Labute approximate surface area is 114 Å². The molecule has 1 heterocycles. The predicted octanol–water partition coefficient (Wildman–Crippen LogP) is 1.67. The van der Waals surface area contributed by atoms with E-state index >= 15 is 0 Å². The van der Waals surface area contributed by atoms with Gasteiger partial charge in [0.2, 0.25) is 0 Å². The fourth-order valence-electron chi connectivity index (χ4n) is 2.69. The Hall–Kier alpha value is -1.26. The molecule has 3 N–H and O–H groups in total. The lowest BCUT2D eigenvalue weighted by atomic mass is 9.81. The number of ether oxygens (including phenoxy) is 2. The molecule has 1 aromatic rings. The van der Waals surface area contributed by atoms with Crippen molar-refractivity contribution in [1.82, 2.24) is 5.32 Å². The summed E-state index contributed by atoms with van der Waals surface area (Å²) in [6.07, 6.45) is 3.27. The summed E-state index contributed by atoms with van der Waals surface area (Å²) >= 11 is 0. The van der Waals surface area contributed by atoms with Gasteiger partial charge < -0.3 is 20.5 Å². The van der Waals surface area contributed by atoms with Crippen LogP contribution in [0.1, 0.15) is 24.8 Å². The van der Waals surface area contributed by atoms with Crippen molar-refractivity contribution in [3.8, 4) is 11.5 Å². The number of rotatable bonds is 4. The minimum absolute atomic E-state index is 0.435. The summed E-state index contributed by atoms with van der Waals surface area (Å²) in [5, 5.41) is 3.49. The molecule has 0 atom stereocenters. The van der Waals surface area contributed by atoms with Crippen molar-refractivity contribution in [1.29, 1.82) is 0 Å². The van der Waals surface area contributed by atoms with Crippen molar-refractivity contribution < 1.29 is 9.47 Å². The van der Waals surface area contributed by atoms with Crippen molar-refractivity contribution in [2.24, 2.45) is 11.7 Å². The van der Waals surface area contributed by atoms with Gasteiger partial charge in [-0.25, -0.2) is 0 Å². The fourth-order valence-corrected chi connectivity index (χ4v) is 2.69. The van der Waals surface area contributed by atoms with Crippen molar-refractivity contribution in [2.75, 3.05) is 19.8 Å². The molecule has 4 nitrogen and oxygen atoms in total. The highest BCUT2D eigenvalue weighted by Gasteiger charge is 2.24. The Morgan fingerprint density at radius 1 is 1.16 bits per heavy atom.